The molecular formula is C13H20N2. The zero-order chi connectivity index (χ0) is 10.7. The molecule has 1 aliphatic carbocycles. The monoisotopic (exact) mass is 204 g/mol. The highest BCUT2D eigenvalue weighted by Gasteiger charge is 2.35. The van der Waals surface area contributed by atoms with Gasteiger partial charge < -0.3 is 11.1 Å². The Morgan fingerprint density at radius 3 is 2.53 bits per heavy atom. The van der Waals surface area contributed by atoms with E-state index >= 15 is 0 Å². The second-order valence-electron chi connectivity index (χ2n) is 4.71. The van der Waals surface area contributed by atoms with Crippen molar-refractivity contribution in [1.29, 1.82) is 0 Å². The molecule has 0 aliphatic heterocycles. The summed E-state index contributed by atoms with van der Waals surface area (Å²) < 4.78 is 0. The van der Waals surface area contributed by atoms with Gasteiger partial charge in [-0.2, -0.15) is 0 Å². The van der Waals surface area contributed by atoms with Crippen molar-refractivity contribution in [3.63, 3.8) is 0 Å². The number of nitrogens with two attached hydrogens (primary N) is 1. The molecule has 3 N–H and O–H groups in total. The number of hydrogen-bond acceptors (Lipinski definition) is 2. The largest absolute Gasteiger partial charge is 0.326 e. The summed E-state index contributed by atoms with van der Waals surface area (Å²) in [4.78, 5) is 0. The van der Waals surface area contributed by atoms with Crippen LogP contribution >= 0.6 is 0 Å². The first-order chi connectivity index (χ1) is 7.23. The minimum absolute atomic E-state index is 0.442. The van der Waals surface area contributed by atoms with Crippen molar-refractivity contribution in [1.82, 2.24) is 5.32 Å². The van der Waals surface area contributed by atoms with Gasteiger partial charge in [0.25, 0.3) is 0 Å². The third kappa shape index (κ3) is 2.80. The Balaban J connectivity index is 1.86. The highest BCUT2D eigenvalue weighted by molar-refractivity contribution is 5.27. The molecule has 1 saturated carbocycles. The molecule has 0 unspecified atom stereocenters. The Kier molecular flexibility index (Phi) is 3.08. The summed E-state index contributed by atoms with van der Waals surface area (Å²) in [6.45, 7) is 4.00. The summed E-state index contributed by atoms with van der Waals surface area (Å²) in [5.74, 6) is 0. The maximum Gasteiger partial charge on any atom is 0.0180 e. The number of hydrogen-bond donors (Lipinski definition) is 2. The predicted octanol–water partition coefficient (Wildman–Crippen LogP) is 1.83. The van der Waals surface area contributed by atoms with E-state index in [-0.39, 0.29) is 0 Å². The van der Waals surface area contributed by atoms with Gasteiger partial charge in [0.05, 0.1) is 0 Å². The maximum absolute atomic E-state index is 5.70. The molecule has 0 aromatic heterocycles. The predicted molar refractivity (Wildman–Crippen MR) is 63.7 cm³/mol. The smallest absolute Gasteiger partial charge is 0.0180 e. The van der Waals surface area contributed by atoms with E-state index in [4.69, 9.17) is 5.73 Å². The van der Waals surface area contributed by atoms with Crippen LogP contribution in [-0.4, -0.2) is 12.1 Å². The van der Waals surface area contributed by atoms with Crippen molar-refractivity contribution in [2.45, 2.75) is 38.3 Å². The summed E-state index contributed by atoms with van der Waals surface area (Å²) in [7, 11) is 0. The van der Waals surface area contributed by atoms with E-state index in [2.05, 4.69) is 36.5 Å². The zero-order valence-corrected chi connectivity index (χ0v) is 9.42. The topological polar surface area (TPSA) is 38.0 Å². The molecule has 0 heterocycles. The van der Waals surface area contributed by atoms with Gasteiger partial charge in [-0.25, -0.2) is 0 Å². The number of nitrogens with one attached hydrogen (secondary N) is 1. The van der Waals surface area contributed by atoms with Crippen molar-refractivity contribution >= 4 is 0 Å². The highest BCUT2D eigenvalue weighted by atomic mass is 15.0. The molecule has 1 aliphatic rings. The fourth-order valence-electron chi connectivity index (χ4n) is 1.86. The van der Waals surface area contributed by atoms with Crippen LogP contribution in [0.1, 0.15) is 30.9 Å². The normalized spacial score (nSPS) is 17.7. The van der Waals surface area contributed by atoms with Crippen molar-refractivity contribution in [2.75, 3.05) is 6.54 Å². The van der Waals surface area contributed by atoms with Gasteiger partial charge >= 0.3 is 0 Å². The minimum atomic E-state index is 0.442. The van der Waals surface area contributed by atoms with Crippen LogP contribution in [0.25, 0.3) is 0 Å². The Morgan fingerprint density at radius 1 is 1.27 bits per heavy atom. The lowest BCUT2D eigenvalue weighted by Gasteiger charge is -2.12. The Morgan fingerprint density at radius 2 is 1.93 bits per heavy atom. The SMILES string of the molecule is CC1(NCCc2ccccc2CN)CC1. The van der Waals surface area contributed by atoms with E-state index in [1.165, 1.54) is 24.0 Å². The second kappa shape index (κ2) is 4.33. The summed E-state index contributed by atoms with van der Waals surface area (Å²) in [6, 6.07) is 8.45. The summed E-state index contributed by atoms with van der Waals surface area (Å²) in [5, 5.41) is 3.59. The highest BCUT2D eigenvalue weighted by Crippen LogP contribution is 2.34. The second-order valence-corrected chi connectivity index (χ2v) is 4.71. The van der Waals surface area contributed by atoms with Gasteiger partial charge in [0, 0.05) is 12.1 Å². The lowest BCUT2D eigenvalue weighted by Crippen LogP contribution is -2.29. The first kappa shape index (κ1) is 10.7. The van der Waals surface area contributed by atoms with Gasteiger partial charge in [0.15, 0.2) is 0 Å². The van der Waals surface area contributed by atoms with Gasteiger partial charge in [-0.1, -0.05) is 24.3 Å². The third-order valence-corrected chi connectivity index (χ3v) is 3.28. The van der Waals surface area contributed by atoms with Gasteiger partial charge in [-0.3, -0.25) is 0 Å². The molecule has 1 fully saturated rings. The molecule has 0 bridgehead atoms. The van der Waals surface area contributed by atoms with Crippen LogP contribution in [0, 0.1) is 0 Å². The molecule has 82 valence electrons. The summed E-state index contributed by atoms with van der Waals surface area (Å²) in [5.41, 5.74) is 8.81. The van der Waals surface area contributed by atoms with Crippen molar-refractivity contribution in [2.24, 2.45) is 5.73 Å². The maximum atomic E-state index is 5.70. The van der Waals surface area contributed by atoms with Crippen LogP contribution in [-0.2, 0) is 13.0 Å². The van der Waals surface area contributed by atoms with Crippen molar-refractivity contribution in [3.05, 3.63) is 35.4 Å². The number of rotatable bonds is 5. The molecule has 0 amide bonds. The average molecular weight is 204 g/mol. The van der Waals surface area contributed by atoms with E-state index in [0.717, 1.165) is 13.0 Å². The summed E-state index contributed by atoms with van der Waals surface area (Å²) >= 11 is 0. The molecular weight excluding hydrogens is 184 g/mol. The molecule has 0 spiro atoms. The molecule has 2 heteroatoms. The molecule has 1 aromatic rings. The Bertz CT molecular complexity index is 329. The molecule has 2 rings (SSSR count). The Labute approximate surface area is 91.9 Å². The van der Waals surface area contributed by atoms with Crippen LogP contribution < -0.4 is 11.1 Å². The van der Waals surface area contributed by atoms with Gasteiger partial charge in [-0.15, -0.1) is 0 Å². The van der Waals surface area contributed by atoms with Gasteiger partial charge in [0.1, 0.15) is 0 Å². The van der Waals surface area contributed by atoms with Gasteiger partial charge in [-0.05, 0) is 43.9 Å². The third-order valence-electron chi connectivity index (χ3n) is 3.28. The number of benzene rings is 1. The van der Waals surface area contributed by atoms with E-state index in [0.29, 0.717) is 12.1 Å². The standard InChI is InChI=1S/C13H20N2/c1-13(7-8-13)15-9-6-11-4-2-3-5-12(11)10-14/h2-5,15H,6-10,14H2,1H3. The van der Waals surface area contributed by atoms with Crippen molar-refractivity contribution < 1.29 is 0 Å². The summed E-state index contributed by atoms with van der Waals surface area (Å²) in [6.07, 6.45) is 3.74. The van der Waals surface area contributed by atoms with E-state index in [1.807, 2.05) is 0 Å². The van der Waals surface area contributed by atoms with Crippen LogP contribution in [0.5, 0.6) is 0 Å². The zero-order valence-electron chi connectivity index (χ0n) is 9.42. The molecule has 2 nitrogen and oxygen atoms in total. The minimum Gasteiger partial charge on any atom is -0.326 e. The van der Waals surface area contributed by atoms with E-state index in [9.17, 15) is 0 Å². The molecule has 0 atom stereocenters. The van der Waals surface area contributed by atoms with Crippen LogP contribution in [0.15, 0.2) is 24.3 Å². The average Bonchev–Trinajstić information content (AvgIpc) is 2.97. The van der Waals surface area contributed by atoms with Crippen molar-refractivity contribution in [3.8, 4) is 0 Å². The molecule has 15 heavy (non-hydrogen) atoms. The molecule has 0 radical (unpaired) electrons. The molecule has 1 aromatic carbocycles. The fourth-order valence-corrected chi connectivity index (χ4v) is 1.86. The van der Waals surface area contributed by atoms with Crippen LogP contribution in [0.4, 0.5) is 0 Å². The quantitative estimate of drug-likeness (QED) is 0.768. The lowest BCUT2D eigenvalue weighted by atomic mass is 10.0. The fraction of sp³-hybridized carbons (Fsp3) is 0.538. The Hall–Kier alpha value is -0.860. The molecule has 0 saturated heterocycles. The van der Waals surface area contributed by atoms with Gasteiger partial charge in [0.2, 0.25) is 0 Å². The first-order valence-corrected chi connectivity index (χ1v) is 5.75. The van der Waals surface area contributed by atoms with Crippen LogP contribution in [0.2, 0.25) is 0 Å². The lowest BCUT2D eigenvalue weighted by molar-refractivity contribution is 0.540. The van der Waals surface area contributed by atoms with E-state index in [1.54, 1.807) is 0 Å². The van der Waals surface area contributed by atoms with E-state index < -0.39 is 0 Å². The first-order valence-electron chi connectivity index (χ1n) is 5.75. The van der Waals surface area contributed by atoms with Crippen LogP contribution in [0.3, 0.4) is 0 Å².